The van der Waals surface area contributed by atoms with E-state index in [0.29, 0.717) is 23.8 Å². The quantitative estimate of drug-likeness (QED) is 0.352. The summed E-state index contributed by atoms with van der Waals surface area (Å²) in [5.41, 5.74) is 11.9. The molecule has 2 amide bonds. The van der Waals surface area contributed by atoms with Crippen LogP contribution in [0.1, 0.15) is 76.9 Å². The van der Waals surface area contributed by atoms with Crippen molar-refractivity contribution in [3.05, 3.63) is 64.7 Å². The number of aromatic nitrogens is 1. The van der Waals surface area contributed by atoms with E-state index >= 15 is 4.39 Å². The van der Waals surface area contributed by atoms with Gasteiger partial charge in [-0.15, -0.1) is 0 Å². The predicted octanol–water partition coefficient (Wildman–Crippen LogP) is 3.33. The van der Waals surface area contributed by atoms with Gasteiger partial charge in [0, 0.05) is 81.5 Å². The number of amides is 2. The second kappa shape index (κ2) is 11.8. The highest BCUT2D eigenvalue weighted by molar-refractivity contribution is 5.93. The summed E-state index contributed by atoms with van der Waals surface area (Å²) in [6.07, 6.45) is 8.97. The lowest BCUT2D eigenvalue weighted by molar-refractivity contribution is -0.274. The number of methoxy groups -OCH3 is 2. The molecule has 2 aromatic rings. The number of pyridine rings is 1. The Labute approximate surface area is 281 Å². The van der Waals surface area contributed by atoms with Crippen LogP contribution < -0.4 is 16.8 Å². The number of primary amides is 2. The van der Waals surface area contributed by atoms with Crippen molar-refractivity contribution < 1.29 is 28.2 Å². The molecule has 10 nitrogen and oxygen atoms in total. The number of benzene rings is 1. The van der Waals surface area contributed by atoms with E-state index in [1.54, 1.807) is 26.5 Å². The number of hydrogen-bond acceptors (Lipinski definition) is 8. The van der Waals surface area contributed by atoms with Gasteiger partial charge in [0.25, 0.3) is 5.91 Å². The summed E-state index contributed by atoms with van der Waals surface area (Å²) in [5, 5.41) is 3.62. The molecular weight excluding hydrogens is 613 g/mol. The van der Waals surface area contributed by atoms with E-state index in [1.165, 1.54) is 12.1 Å². The van der Waals surface area contributed by atoms with E-state index in [4.69, 9.17) is 25.7 Å². The van der Waals surface area contributed by atoms with Gasteiger partial charge in [-0.3, -0.25) is 19.5 Å². The van der Waals surface area contributed by atoms with Crippen LogP contribution in [0, 0.1) is 40.8 Å². The van der Waals surface area contributed by atoms with Crippen molar-refractivity contribution >= 4 is 11.8 Å². The summed E-state index contributed by atoms with van der Waals surface area (Å²) in [4.78, 5) is 31.5. The van der Waals surface area contributed by atoms with Crippen LogP contribution in [0.15, 0.2) is 36.5 Å². The molecule has 8 unspecified atom stereocenters. The van der Waals surface area contributed by atoms with Crippen molar-refractivity contribution in [2.75, 3.05) is 47.0 Å². The number of nitrogens with zero attached hydrogens (tertiary/aromatic N) is 2. The number of piperidine rings is 1. The molecule has 2 bridgehead atoms. The first-order chi connectivity index (χ1) is 23.2. The lowest BCUT2D eigenvalue weighted by Crippen LogP contribution is -2.68. The Hall–Kier alpha value is -2.96. The van der Waals surface area contributed by atoms with Crippen molar-refractivity contribution in [3.63, 3.8) is 0 Å². The first kappa shape index (κ1) is 32.3. The Morgan fingerprint density at radius 3 is 2.62 bits per heavy atom. The van der Waals surface area contributed by atoms with Crippen LogP contribution in [0.25, 0.3) is 0 Å². The lowest BCUT2D eigenvalue weighted by atomic mass is 9.44. The fourth-order valence-corrected chi connectivity index (χ4v) is 11.6. The Morgan fingerprint density at radius 2 is 1.88 bits per heavy atom. The number of fused-ring (bicyclic) bond motifs is 2. The first-order valence-electron chi connectivity index (χ1n) is 17.7. The molecule has 0 radical (unpaired) electrons. The highest BCUT2D eigenvalue weighted by Gasteiger charge is 2.75. The van der Waals surface area contributed by atoms with Gasteiger partial charge in [0.2, 0.25) is 5.91 Å². The van der Waals surface area contributed by atoms with Crippen molar-refractivity contribution in [2.24, 2.45) is 46.5 Å². The van der Waals surface area contributed by atoms with Crippen LogP contribution in [0.5, 0.6) is 0 Å². The van der Waals surface area contributed by atoms with E-state index in [9.17, 15) is 9.59 Å². The molecule has 8 rings (SSSR count). The lowest BCUT2D eigenvalue weighted by Gasteiger charge is -2.64. The number of nitrogens with two attached hydrogens (primary N) is 2. The maximum Gasteiger partial charge on any atom is 0.267 e. The predicted molar refractivity (Wildman–Crippen MR) is 175 cm³/mol. The van der Waals surface area contributed by atoms with E-state index in [2.05, 4.69) is 15.2 Å². The maximum atomic E-state index is 16.0. The molecule has 2 aliphatic heterocycles. The third-order valence-electron chi connectivity index (χ3n) is 13.8. The molecule has 8 atom stereocenters. The zero-order valence-electron chi connectivity index (χ0n) is 28.0. The Bertz CT molecular complexity index is 1580. The molecule has 6 fully saturated rings. The average molecular weight is 662 g/mol. The van der Waals surface area contributed by atoms with E-state index in [0.717, 1.165) is 76.7 Å². The largest absolute Gasteiger partial charge is 0.381 e. The van der Waals surface area contributed by atoms with Crippen LogP contribution in [0.3, 0.4) is 0 Å². The van der Waals surface area contributed by atoms with Gasteiger partial charge in [-0.1, -0.05) is 6.42 Å². The number of likely N-dealkylation sites (tertiary alicyclic amines) is 1. The molecular formula is C37H48FN5O5. The Balaban J connectivity index is 1.17. The van der Waals surface area contributed by atoms with Gasteiger partial charge in [0.15, 0.2) is 0 Å². The summed E-state index contributed by atoms with van der Waals surface area (Å²) in [6.45, 7) is 3.79. The molecule has 11 heteroatoms. The van der Waals surface area contributed by atoms with Crippen LogP contribution in [-0.4, -0.2) is 80.8 Å². The minimum atomic E-state index is -0.855. The fraction of sp³-hybridized carbons (Fsp3) is 0.649. The first-order valence-corrected chi connectivity index (χ1v) is 17.7. The maximum absolute atomic E-state index is 16.0. The van der Waals surface area contributed by atoms with Gasteiger partial charge in [-0.25, -0.2) is 4.39 Å². The molecule has 258 valence electrons. The van der Waals surface area contributed by atoms with Crippen molar-refractivity contribution in [1.29, 1.82) is 0 Å². The monoisotopic (exact) mass is 661 g/mol. The Kier molecular flexibility index (Phi) is 7.95. The van der Waals surface area contributed by atoms with Gasteiger partial charge in [0.1, 0.15) is 22.7 Å². The van der Waals surface area contributed by atoms with Crippen LogP contribution in [0.4, 0.5) is 4.39 Å². The van der Waals surface area contributed by atoms with Gasteiger partial charge >= 0.3 is 0 Å². The molecule has 6 aliphatic rings. The van der Waals surface area contributed by atoms with E-state index in [1.807, 2.05) is 12.1 Å². The minimum Gasteiger partial charge on any atom is -0.381 e. The number of carbonyl (C=O) groups is 2. The van der Waals surface area contributed by atoms with Crippen molar-refractivity contribution in [2.45, 2.75) is 68.3 Å². The number of nitrogens with one attached hydrogen (secondary N) is 1. The standard InChI is InChI=1S/C37H48FN5O5/c1-46-26-14-25(15-26)43-17-24-7-5-22(28(18-43)36(24,47-2)23-9-11-42-30(13-23)34(40)45)19-48-37(27-12-21(33(39)44)6-8-29(27)38)31-4-3-10-35(31)20-41-16-32(35)37/h6,8-9,11-13,22,24-26,28,31-32,41H,3-5,7,10,14-20H2,1-2H3,(H2,39,44)(H2,40,45)/t22?,24?,25-,26-,28?,31?,32?,35?,36?,37?. The fourth-order valence-electron chi connectivity index (χ4n) is 11.6. The summed E-state index contributed by atoms with van der Waals surface area (Å²) in [5.74, 6) is -0.924. The van der Waals surface area contributed by atoms with E-state index < -0.39 is 23.0 Å². The van der Waals surface area contributed by atoms with Gasteiger partial charge in [-0.05, 0) is 91.7 Å². The Morgan fingerprint density at radius 1 is 1.04 bits per heavy atom. The third kappa shape index (κ3) is 4.50. The number of hydrogen-bond donors (Lipinski definition) is 3. The normalized spacial score (nSPS) is 40.0. The molecule has 1 aromatic carbocycles. The molecule has 1 aromatic heterocycles. The van der Waals surface area contributed by atoms with Crippen LogP contribution >= 0.6 is 0 Å². The highest BCUT2D eigenvalue weighted by Crippen LogP contribution is 2.73. The SMILES string of the molecule is COC1(c2ccnc(C(N)=O)c2)C2CCC(COC3(c4cc(C(N)=O)ccc4F)C4CCCC45CNCC53)C1CN([C@H]1C[C@H](OC)C1)C2. The van der Waals surface area contributed by atoms with E-state index in [-0.39, 0.29) is 52.6 Å². The second-order valence-electron chi connectivity index (χ2n) is 15.4. The summed E-state index contributed by atoms with van der Waals surface area (Å²) in [7, 11) is 3.56. The van der Waals surface area contributed by atoms with Gasteiger partial charge in [-0.2, -0.15) is 0 Å². The molecule has 2 saturated heterocycles. The van der Waals surface area contributed by atoms with Gasteiger partial charge in [0.05, 0.1) is 12.7 Å². The molecule has 1 spiro atoms. The average Bonchev–Trinajstić information content (AvgIpc) is 3.64. The zero-order valence-corrected chi connectivity index (χ0v) is 28.0. The van der Waals surface area contributed by atoms with Crippen molar-refractivity contribution in [3.8, 4) is 0 Å². The molecule has 5 N–H and O–H groups in total. The number of rotatable bonds is 10. The summed E-state index contributed by atoms with van der Waals surface area (Å²) < 4.78 is 35.7. The van der Waals surface area contributed by atoms with Crippen LogP contribution in [-0.2, 0) is 25.4 Å². The zero-order chi connectivity index (χ0) is 33.4. The molecule has 4 aliphatic carbocycles. The highest BCUT2D eigenvalue weighted by atomic mass is 19.1. The summed E-state index contributed by atoms with van der Waals surface area (Å²) >= 11 is 0. The third-order valence-corrected chi connectivity index (χ3v) is 13.8. The number of ether oxygens (including phenoxy) is 3. The number of halogens is 1. The topological polar surface area (TPSA) is 142 Å². The number of carbonyl (C=O) groups excluding carboxylic acids is 2. The molecule has 3 heterocycles. The second-order valence-corrected chi connectivity index (χ2v) is 15.4. The molecule has 4 saturated carbocycles. The molecule has 48 heavy (non-hydrogen) atoms. The van der Waals surface area contributed by atoms with Crippen molar-refractivity contribution in [1.82, 2.24) is 15.2 Å². The smallest absolute Gasteiger partial charge is 0.267 e. The summed E-state index contributed by atoms with van der Waals surface area (Å²) in [6, 6.07) is 8.72. The minimum absolute atomic E-state index is 0.0358. The van der Waals surface area contributed by atoms with Crippen LogP contribution in [0.2, 0.25) is 0 Å². The van der Waals surface area contributed by atoms with Gasteiger partial charge < -0.3 is 31.0 Å².